The molecule has 0 aromatic carbocycles. The van der Waals surface area contributed by atoms with Gasteiger partial charge in [-0.1, -0.05) is 11.6 Å². The number of esters is 1. The van der Waals surface area contributed by atoms with Crippen molar-refractivity contribution in [2.24, 2.45) is 0 Å². The fourth-order valence-electron chi connectivity index (χ4n) is 2.43. The lowest BCUT2D eigenvalue weighted by Gasteiger charge is -2.17. The van der Waals surface area contributed by atoms with Crippen LogP contribution in [0.2, 0.25) is 5.02 Å². The highest BCUT2D eigenvalue weighted by molar-refractivity contribution is 7.14. The molecule has 23 heavy (non-hydrogen) atoms. The number of carbonyl (C=O) groups excluding carboxylic acids is 2. The third kappa shape index (κ3) is 3.16. The number of halogens is 1. The standard InChI is InChI=1S/C15H14ClN3O3S/c1-22-15(21)10-5-7-23-14(10)19-6-4-11(13(19)20)18-12-3-2-9(16)8-17-12/h2-3,5,7-8,11H,4,6H2,1H3,(H,17,18). The van der Waals surface area contributed by atoms with Crippen LogP contribution >= 0.6 is 22.9 Å². The molecule has 120 valence electrons. The van der Waals surface area contributed by atoms with E-state index in [1.165, 1.54) is 24.6 Å². The van der Waals surface area contributed by atoms with Crippen molar-refractivity contribution in [2.75, 3.05) is 23.9 Å². The molecule has 2 aromatic heterocycles. The molecule has 1 saturated heterocycles. The highest BCUT2D eigenvalue weighted by Gasteiger charge is 2.35. The summed E-state index contributed by atoms with van der Waals surface area (Å²) >= 11 is 7.15. The molecule has 1 aliphatic rings. The molecular weight excluding hydrogens is 338 g/mol. The van der Waals surface area contributed by atoms with Crippen LogP contribution in [0.15, 0.2) is 29.8 Å². The van der Waals surface area contributed by atoms with Crippen molar-refractivity contribution in [1.29, 1.82) is 0 Å². The summed E-state index contributed by atoms with van der Waals surface area (Å²) in [5, 5.41) is 6.03. The maximum atomic E-state index is 12.6. The second-order valence-electron chi connectivity index (χ2n) is 4.97. The Kier molecular flexibility index (Phi) is 4.49. The average molecular weight is 352 g/mol. The van der Waals surface area contributed by atoms with Crippen molar-refractivity contribution in [3.63, 3.8) is 0 Å². The summed E-state index contributed by atoms with van der Waals surface area (Å²) in [6.07, 6.45) is 2.15. The first kappa shape index (κ1) is 15.8. The second-order valence-corrected chi connectivity index (χ2v) is 6.30. The van der Waals surface area contributed by atoms with Gasteiger partial charge in [0.05, 0.1) is 17.7 Å². The number of amides is 1. The summed E-state index contributed by atoms with van der Waals surface area (Å²) in [4.78, 5) is 30.1. The Morgan fingerprint density at radius 2 is 2.30 bits per heavy atom. The van der Waals surface area contributed by atoms with Gasteiger partial charge in [-0.3, -0.25) is 4.79 Å². The van der Waals surface area contributed by atoms with Gasteiger partial charge in [0, 0.05) is 12.7 Å². The number of nitrogens with zero attached hydrogens (tertiary/aromatic N) is 2. The van der Waals surface area contributed by atoms with Crippen molar-refractivity contribution in [3.8, 4) is 0 Å². The molecule has 0 spiro atoms. The Balaban J connectivity index is 1.75. The van der Waals surface area contributed by atoms with Crippen LogP contribution in [-0.4, -0.2) is 36.6 Å². The minimum atomic E-state index is -0.440. The van der Waals surface area contributed by atoms with Crippen LogP contribution in [0.25, 0.3) is 0 Å². The van der Waals surface area contributed by atoms with Crippen LogP contribution in [-0.2, 0) is 9.53 Å². The lowest BCUT2D eigenvalue weighted by molar-refractivity contribution is -0.117. The Morgan fingerprint density at radius 3 is 3.00 bits per heavy atom. The Labute approximate surface area is 142 Å². The molecule has 2 aromatic rings. The van der Waals surface area contributed by atoms with Gasteiger partial charge in [-0.25, -0.2) is 9.78 Å². The van der Waals surface area contributed by atoms with E-state index >= 15 is 0 Å². The number of carbonyl (C=O) groups is 2. The Hall–Kier alpha value is -2.12. The first-order valence-electron chi connectivity index (χ1n) is 6.95. The van der Waals surface area contributed by atoms with Crippen LogP contribution in [0.5, 0.6) is 0 Å². The largest absolute Gasteiger partial charge is 0.465 e. The molecule has 1 atom stereocenters. The Bertz CT molecular complexity index is 732. The highest BCUT2D eigenvalue weighted by Crippen LogP contribution is 2.32. The monoisotopic (exact) mass is 351 g/mol. The van der Waals surface area contributed by atoms with Gasteiger partial charge in [-0.05, 0) is 30.0 Å². The Morgan fingerprint density at radius 1 is 1.48 bits per heavy atom. The maximum absolute atomic E-state index is 12.6. The minimum absolute atomic E-state index is 0.0886. The van der Waals surface area contributed by atoms with Crippen LogP contribution < -0.4 is 10.2 Å². The molecule has 1 amide bonds. The van der Waals surface area contributed by atoms with E-state index in [0.717, 1.165) is 0 Å². The van der Waals surface area contributed by atoms with Gasteiger partial charge in [-0.15, -0.1) is 11.3 Å². The molecule has 1 unspecified atom stereocenters. The lowest BCUT2D eigenvalue weighted by Crippen LogP contribution is -2.33. The lowest BCUT2D eigenvalue weighted by atomic mass is 10.2. The van der Waals surface area contributed by atoms with Gasteiger partial charge in [0.2, 0.25) is 5.91 Å². The van der Waals surface area contributed by atoms with E-state index in [9.17, 15) is 9.59 Å². The number of nitrogens with one attached hydrogen (secondary N) is 1. The number of rotatable bonds is 4. The normalized spacial score (nSPS) is 17.4. The number of pyridine rings is 1. The number of ether oxygens (including phenoxy) is 1. The smallest absolute Gasteiger partial charge is 0.340 e. The molecule has 0 aliphatic carbocycles. The van der Waals surface area contributed by atoms with E-state index < -0.39 is 5.97 Å². The van der Waals surface area contributed by atoms with Gasteiger partial charge in [-0.2, -0.15) is 0 Å². The van der Waals surface area contributed by atoms with E-state index in [2.05, 4.69) is 10.3 Å². The highest BCUT2D eigenvalue weighted by atomic mass is 35.5. The first-order chi connectivity index (χ1) is 11.1. The number of aromatic nitrogens is 1. The minimum Gasteiger partial charge on any atom is -0.465 e. The summed E-state index contributed by atoms with van der Waals surface area (Å²) in [7, 11) is 1.33. The van der Waals surface area contributed by atoms with Gasteiger partial charge in [0.15, 0.2) is 0 Å². The fourth-order valence-corrected chi connectivity index (χ4v) is 3.46. The zero-order valence-electron chi connectivity index (χ0n) is 12.3. The van der Waals surface area contributed by atoms with E-state index in [-0.39, 0.29) is 11.9 Å². The summed E-state index contributed by atoms with van der Waals surface area (Å²) in [5.74, 6) is 0.0631. The fraction of sp³-hybridized carbons (Fsp3) is 0.267. The number of hydrogen-bond donors (Lipinski definition) is 1. The number of hydrogen-bond acceptors (Lipinski definition) is 6. The zero-order valence-corrected chi connectivity index (χ0v) is 13.9. The van der Waals surface area contributed by atoms with Crippen molar-refractivity contribution < 1.29 is 14.3 Å². The third-order valence-corrected chi connectivity index (χ3v) is 4.71. The van der Waals surface area contributed by atoms with Crippen molar-refractivity contribution in [2.45, 2.75) is 12.5 Å². The van der Waals surface area contributed by atoms with Gasteiger partial charge < -0.3 is 15.0 Å². The molecule has 6 nitrogen and oxygen atoms in total. The van der Waals surface area contributed by atoms with Crippen molar-refractivity contribution >= 4 is 45.6 Å². The van der Waals surface area contributed by atoms with Gasteiger partial charge >= 0.3 is 5.97 Å². The second kappa shape index (κ2) is 6.55. The number of anilines is 2. The van der Waals surface area contributed by atoms with E-state index in [1.54, 1.807) is 28.5 Å². The van der Waals surface area contributed by atoms with Crippen LogP contribution in [0.4, 0.5) is 10.8 Å². The van der Waals surface area contributed by atoms with Crippen LogP contribution in [0, 0.1) is 0 Å². The molecule has 1 aliphatic heterocycles. The summed E-state index contributed by atoms with van der Waals surface area (Å²) in [6.45, 7) is 0.536. The maximum Gasteiger partial charge on any atom is 0.340 e. The van der Waals surface area contributed by atoms with E-state index in [4.69, 9.17) is 16.3 Å². The summed E-state index contributed by atoms with van der Waals surface area (Å²) in [6, 6.07) is 4.73. The van der Waals surface area contributed by atoms with Crippen molar-refractivity contribution in [1.82, 2.24) is 4.98 Å². The van der Waals surface area contributed by atoms with Crippen LogP contribution in [0.3, 0.4) is 0 Å². The predicted molar refractivity (Wildman–Crippen MR) is 89.3 cm³/mol. The third-order valence-electron chi connectivity index (χ3n) is 3.55. The van der Waals surface area contributed by atoms with E-state index in [0.29, 0.717) is 34.4 Å². The zero-order chi connectivity index (χ0) is 16.4. The molecule has 0 radical (unpaired) electrons. The van der Waals surface area contributed by atoms with E-state index in [1.807, 2.05) is 0 Å². The average Bonchev–Trinajstić information content (AvgIpc) is 3.16. The number of thiophene rings is 1. The molecule has 3 heterocycles. The van der Waals surface area contributed by atoms with Crippen LogP contribution in [0.1, 0.15) is 16.8 Å². The summed E-state index contributed by atoms with van der Waals surface area (Å²) < 4.78 is 4.76. The summed E-state index contributed by atoms with van der Waals surface area (Å²) in [5.41, 5.74) is 0.413. The van der Waals surface area contributed by atoms with Gasteiger partial charge in [0.1, 0.15) is 16.9 Å². The van der Waals surface area contributed by atoms with Gasteiger partial charge in [0.25, 0.3) is 0 Å². The van der Waals surface area contributed by atoms with Crippen molar-refractivity contribution in [3.05, 3.63) is 40.4 Å². The molecule has 8 heteroatoms. The number of methoxy groups -OCH3 is 1. The quantitative estimate of drug-likeness (QED) is 0.857. The molecule has 1 fully saturated rings. The molecule has 0 saturated carbocycles. The molecular formula is C15H14ClN3O3S. The first-order valence-corrected chi connectivity index (χ1v) is 8.21. The SMILES string of the molecule is COC(=O)c1ccsc1N1CCC(Nc2ccc(Cl)cn2)C1=O. The molecule has 1 N–H and O–H groups in total. The predicted octanol–water partition coefficient (Wildman–Crippen LogP) is 2.80. The topological polar surface area (TPSA) is 71.5 Å². The molecule has 3 rings (SSSR count). The molecule has 0 bridgehead atoms.